The van der Waals surface area contributed by atoms with Gasteiger partial charge in [-0.3, -0.25) is 0 Å². The predicted octanol–water partition coefficient (Wildman–Crippen LogP) is 2.13. The van der Waals surface area contributed by atoms with Crippen molar-refractivity contribution in [1.29, 1.82) is 0 Å². The highest BCUT2D eigenvalue weighted by atomic mass is 16.1. The first-order valence-corrected chi connectivity index (χ1v) is 3.82. The highest BCUT2D eigenvalue weighted by Crippen LogP contribution is 2.08. The van der Waals surface area contributed by atoms with Gasteiger partial charge in [0.1, 0.15) is 6.29 Å². The number of benzene rings is 1. The molecule has 58 valence electrons. The van der Waals surface area contributed by atoms with Crippen molar-refractivity contribution in [2.75, 3.05) is 0 Å². The smallest absolute Gasteiger partial charge is 0.120 e. The summed E-state index contributed by atoms with van der Waals surface area (Å²) >= 11 is 0. The standard InChI is InChI=1S/C10H12O/c1-9-5-2-3-6-10(9)7-4-8-11/h2-3,5-6,8H,4,7H2,1H3. The van der Waals surface area contributed by atoms with E-state index >= 15 is 0 Å². The monoisotopic (exact) mass is 148 g/mol. The normalized spacial score (nSPS) is 9.55. The number of hydrogen-bond donors (Lipinski definition) is 0. The Morgan fingerprint density at radius 3 is 2.73 bits per heavy atom. The molecule has 1 rings (SSSR count). The minimum absolute atomic E-state index is 0.630. The number of aldehydes is 1. The third-order valence-electron chi connectivity index (χ3n) is 1.79. The molecule has 0 aliphatic carbocycles. The van der Waals surface area contributed by atoms with E-state index in [2.05, 4.69) is 19.1 Å². The number of hydrogen-bond acceptors (Lipinski definition) is 1. The molecular weight excluding hydrogens is 136 g/mol. The van der Waals surface area contributed by atoms with Crippen LogP contribution in [-0.2, 0) is 11.2 Å². The maximum atomic E-state index is 10.1. The largest absolute Gasteiger partial charge is 0.303 e. The average molecular weight is 148 g/mol. The zero-order valence-electron chi connectivity index (χ0n) is 6.71. The lowest BCUT2D eigenvalue weighted by molar-refractivity contribution is -0.107. The lowest BCUT2D eigenvalue weighted by Gasteiger charge is -2.00. The Morgan fingerprint density at radius 2 is 2.09 bits per heavy atom. The fourth-order valence-electron chi connectivity index (χ4n) is 1.11. The highest BCUT2D eigenvalue weighted by molar-refractivity contribution is 5.50. The van der Waals surface area contributed by atoms with Gasteiger partial charge in [0, 0.05) is 6.42 Å². The molecule has 0 aromatic heterocycles. The minimum Gasteiger partial charge on any atom is -0.303 e. The summed E-state index contributed by atoms with van der Waals surface area (Å²) in [5.74, 6) is 0. The van der Waals surface area contributed by atoms with Crippen LogP contribution >= 0.6 is 0 Å². The second-order valence-corrected chi connectivity index (χ2v) is 2.63. The van der Waals surface area contributed by atoms with E-state index in [-0.39, 0.29) is 0 Å². The molecule has 0 spiro atoms. The molecule has 0 aliphatic heterocycles. The van der Waals surface area contributed by atoms with Crippen LogP contribution in [0, 0.1) is 6.92 Å². The number of rotatable bonds is 3. The molecule has 0 unspecified atom stereocenters. The van der Waals surface area contributed by atoms with Crippen LogP contribution in [0.4, 0.5) is 0 Å². The summed E-state index contributed by atoms with van der Waals surface area (Å²) in [5, 5.41) is 0. The van der Waals surface area contributed by atoms with Crippen molar-refractivity contribution in [2.45, 2.75) is 19.8 Å². The quantitative estimate of drug-likeness (QED) is 0.600. The predicted molar refractivity (Wildman–Crippen MR) is 45.6 cm³/mol. The fraction of sp³-hybridized carbons (Fsp3) is 0.300. The Hall–Kier alpha value is -1.11. The Labute approximate surface area is 67.1 Å². The Morgan fingerprint density at radius 1 is 1.36 bits per heavy atom. The van der Waals surface area contributed by atoms with Gasteiger partial charge in [0.05, 0.1) is 0 Å². The topological polar surface area (TPSA) is 17.1 Å². The first-order chi connectivity index (χ1) is 5.34. The van der Waals surface area contributed by atoms with E-state index in [4.69, 9.17) is 0 Å². The summed E-state index contributed by atoms with van der Waals surface area (Å²) in [7, 11) is 0. The third-order valence-corrected chi connectivity index (χ3v) is 1.79. The van der Waals surface area contributed by atoms with Crippen molar-refractivity contribution in [2.24, 2.45) is 0 Å². The van der Waals surface area contributed by atoms with Crippen LogP contribution in [0.15, 0.2) is 24.3 Å². The van der Waals surface area contributed by atoms with Gasteiger partial charge in [-0.1, -0.05) is 24.3 Å². The van der Waals surface area contributed by atoms with E-state index in [1.165, 1.54) is 11.1 Å². The molecule has 1 aromatic rings. The lowest BCUT2D eigenvalue weighted by atomic mass is 10.1. The van der Waals surface area contributed by atoms with E-state index < -0.39 is 0 Å². The molecule has 11 heavy (non-hydrogen) atoms. The van der Waals surface area contributed by atoms with Crippen molar-refractivity contribution in [3.05, 3.63) is 35.4 Å². The highest BCUT2D eigenvalue weighted by Gasteiger charge is 1.94. The Balaban J connectivity index is 2.69. The van der Waals surface area contributed by atoms with Gasteiger partial charge in [-0.15, -0.1) is 0 Å². The van der Waals surface area contributed by atoms with Crippen LogP contribution in [0.2, 0.25) is 0 Å². The molecule has 1 heteroatoms. The molecular formula is C10H12O. The van der Waals surface area contributed by atoms with Crippen molar-refractivity contribution in [1.82, 2.24) is 0 Å². The number of aryl methyl sites for hydroxylation is 2. The van der Waals surface area contributed by atoms with Crippen LogP contribution in [0.5, 0.6) is 0 Å². The van der Waals surface area contributed by atoms with Gasteiger partial charge in [-0.05, 0) is 24.5 Å². The fourth-order valence-corrected chi connectivity index (χ4v) is 1.11. The van der Waals surface area contributed by atoms with Crippen LogP contribution in [0.1, 0.15) is 17.5 Å². The second-order valence-electron chi connectivity index (χ2n) is 2.63. The van der Waals surface area contributed by atoms with Crippen molar-refractivity contribution in [3.63, 3.8) is 0 Å². The molecule has 0 radical (unpaired) electrons. The Bertz CT molecular complexity index is 240. The first kappa shape index (κ1) is 7.99. The van der Waals surface area contributed by atoms with Crippen molar-refractivity contribution in [3.8, 4) is 0 Å². The van der Waals surface area contributed by atoms with Gasteiger partial charge < -0.3 is 4.79 Å². The van der Waals surface area contributed by atoms with E-state index in [1.54, 1.807) is 0 Å². The summed E-state index contributed by atoms with van der Waals surface area (Å²) in [4.78, 5) is 10.1. The number of carbonyl (C=O) groups is 1. The molecule has 0 amide bonds. The molecule has 0 saturated carbocycles. The summed E-state index contributed by atoms with van der Waals surface area (Å²) in [6, 6.07) is 8.16. The van der Waals surface area contributed by atoms with Crippen molar-refractivity contribution >= 4 is 6.29 Å². The summed E-state index contributed by atoms with van der Waals surface area (Å²) in [6.07, 6.45) is 2.47. The van der Waals surface area contributed by atoms with E-state index in [0.717, 1.165) is 12.7 Å². The average Bonchev–Trinajstić information content (AvgIpc) is 2.03. The van der Waals surface area contributed by atoms with E-state index in [0.29, 0.717) is 6.42 Å². The molecule has 0 saturated heterocycles. The van der Waals surface area contributed by atoms with Crippen LogP contribution < -0.4 is 0 Å². The maximum Gasteiger partial charge on any atom is 0.120 e. The second kappa shape index (κ2) is 3.91. The third kappa shape index (κ3) is 2.19. The number of carbonyl (C=O) groups excluding carboxylic acids is 1. The summed E-state index contributed by atoms with van der Waals surface area (Å²) in [6.45, 7) is 2.07. The zero-order valence-corrected chi connectivity index (χ0v) is 6.71. The zero-order chi connectivity index (χ0) is 8.10. The maximum absolute atomic E-state index is 10.1. The van der Waals surface area contributed by atoms with Gasteiger partial charge in [0.2, 0.25) is 0 Å². The van der Waals surface area contributed by atoms with Gasteiger partial charge in [-0.2, -0.15) is 0 Å². The molecule has 0 N–H and O–H groups in total. The van der Waals surface area contributed by atoms with Crippen LogP contribution in [0.3, 0.4) is 0 Å². The molecule has 0 atom stereocenters. The van der Waals surface area contributed by atoms with Gasteiger partial charge in [0.15, 0.2) is 0 Å². The Kier molecular flexibility index (Phi) is 2.84. The molecule has 0 bridgehead atoms. The van der Waals surface area contributed by atoms with Gasteiger partial charge in [-0.25, -0.2) is 0 Å². The minimum atomic E-state index is 0.630. The lowest BCUT2D eigenvalue weighted by Crippen LogP contribution is -1.88. The SMILES string of the molecule is Cc1ccccc1CCC=O. The molecule has 1 nitrogen and oxygen atoms in total. The molecule has 0 fully saturated rings. The first-order valence-electron chi connectivity index (χ1n) is 3.82. The van der Waals surface area contributed by atoms with E-state index in [9.17, 15) is 4.79 Å². The van der Waals surface area contributed by atoms with Crippen LogP contribution in [0.25, 0.3) is 0 Å². The van der Waals surface area contributed by atoms with Crippen LogP contribution in [-0.4, -0.2) is 6.29 Å². The molecule has 0 heterocycles. The molecule has 0 aliphatic rings. The summed E-state index contributed by atoms with van der Waals surface area (Å²) in [5.41, 5.74) is 2.55. The van der Waals surface area contributed by atoms with Crippen molar-refractivity contribution < 1.29 is 4.79 Å². The van der Waals surface area contributed by atoms with Gasteiger partial charge >= 0.3 is 0 Å². The summed E-state index contributed by atoms with van der Waals surface area (Å²) < 4.78 is 0. The molecule has 1 aromatic carbocycles. The van der Waals surface area contributed by atoms with E-state index in [1.807, 2.05) is 12.1 Å². The van der Waals surface area contributed by atoms with Gasteiger partial charge in [0.25, 0.3) is 0 Å².